The van der Waals surface area contributed by atoms with Gasteiger partial charge in [-0.2, -0.15) is 0 Å². The molecule has 0 atom stereocenters. The fourth-order valence-electron chi connectivity index (χ4n) is 2.00. The van der Waals surface area contributed by atoms with Crippen LogP contribution in [0.25, 0.3) is 11.3 Å². The maximum absolute atomic E-state index is 9.57. The van der Waals surface area contributed by atoms with Crippen LogP contribution in [0.2, 0.25) is 5.02 Å². The van der Waals surface area contributed by atoms with Gasteiger partial charge in [-0.25, -0.2) is 4.98 Å². The van der Waals surface area contributed by atoms with Crippen LogP contribution in [0.3, 0.4) is 0 Å². The zero-order chi connectivity index (χ0) is 15.7. The molecule has 1 aromatic heterocycles. The van der Waals surface area contributed by atoms with Gasteiger partial charge in [0.05, 0.1) is 5.69 Å². The fourth-order valence-corrected chi connectivity index (χ4v) is 2.91. The quantitative estimate of drug-likeness (QED) is 0.545. The van der Waals surface area contributed by atoms with E-state index in [1.54, 1.807) is 6.07 Å². The van der Waals surface area contributed by atoms with Gasteiger partial charge < -0.3 is 15.5 Å². The van der Waals surface area contributed by atoms with Crippen LogP contribution in [0, 0.1) is 6.92 Å². The van der Waals surface area contributed by atoms with Crippen molar-refractivity contribution in [3.8, 4) is 22.8 Å². The predicted octanol–water partition coefficient (Wildman–Crippen LogP) is 5.35. The first-order chi connectivity index (χ1) is 10.5. The highest BCUT2D eigenvalue weighted by atomic mass is 35.5. The number of halogens is 2. The van der Waals surface area contributed by atoms with Crippen LogP contribution in [0.4, 0.5) is 10.8 Å². The van der Waals surface area contributed by atoms with Gasteiger partial charge in [0.15, 0.2) is 16.6 Å². The zero-order valence-electron chi connectivity index (χ0n) is 12.1. The summed E-state index contributed by atoms with van der Waals surface area (Å²) in [4.78, 5) is 4.49. The SMILES string of the molecule is Cc1c(Cl)cccc1Nc1nc(-c2ccc(O)c(O)c2)cs1.Cl. The van der Waals surface area contributed by atoms with Crippen LogP contribution in [-0.4, -0.2) is 15.2 Å². The molecule has 0 radical (unpaired) electrons. The topological polar surface area (TPSA) is 65.4 Å². The largest absolute Gasteiger partial charge is 0.504 e. The Morgan fingerprint density at radius 2 is 1.91 bits per heavy atom. The Morgan fingerprint density at radius 1 is 1.13 bits per heavy atom. The summed E-state index contributed by atoms with van der Waals surface area (Å²) in [6.07, 6.45) is 0. The van der Waals surface area contributed by atoms with Crippen molar-refractivity contribution in [3.63, 3.8) is 0 Å². The van der Waals surface area contributed by atoms with E-state index >= 15 is 0 Å². The highest BCUT2D eigenvalue weighted by molar-refractivity contribution is 7.14. The van der Waals surface area contributed by atoms with Gasteiger partial charge in [0.2, 0.25) is 0 Å². The summed E-state index contributed by atoms with van der Waals surface area (Å²) in [6, 6.07) is 10.3. The molecule has 3 N–H and O–H groups in total. The van der Waals surface area contributed by atoms with Crippen molar-refractivity contribution in [1.29, 1.82) is 0 Å². The number of hydrogen-bond donors (Lipinski definition) is 3. The van der Waals surface area contributed by atoms with Gasteiger partial charge in [0, 0.05) is 21.7 Å². The number of anilines is 2. The van der Waals surface area contributed by atoms with E-state index in [1.165, 1.54) is 23.5 Å². The molecule has 7 heteroatoms. The summed E-state index contributed by atoms with van der Waals surface area (Å²) in [5.41, 5.74) is 3.33. The Bertz CT molecular complexity index is 837. The lowest BCUT2D eigenvalue weighted by molar-refractivity contribution is 0.404. The van der Waals surface area contributed by atoms with E-state index in [-0.39, 0.29) is 23.9 Å². The Morgan fingerprint density at radius 3 is 2.65 bits per heavy atom. The molecule has 0 fully saturated rings. The highest BCUT2D eigenvalue weighted by Gasteiger charge is 2.09. The number of rotatable bonds is 3. The van der Waals surface area contributed by atoms with Crippen molar-refractivity contribution in [2.45, 2.75) is 6.92 Å². The van der Waals surface area contributed by atoms with Crippen LogP contribution < -0.4 is 5.32 Å². The van der Waals surface area contributed by atoms with Crippen LogP contribution in [0.15, 0.2) is 41.8 Å². The predicted molar refractivity (Wildman–Crippen MR) is 97.6 cm³/mol. The van der Waals surface area contributed by atoms with E-state index in [2.05, 4.69) is 10.3 Å². The number of phenolic OH excluding ortho intramolecular Hbond substituents is 2. The van der Waals surface area contributed by atoms with Gasteiger partial charge in [-0.1, -0.05) is 17.7 Å². The first-order valence-electron chi connectivity index (χ1n) is 6.54. The molecule has 3 rings (SSSR count). The lowest BCUT2D eigenvalue weighted by Gasteiger charge is -2.07. The normalized spacial score (nSPS) is 10.2. The molecule has 0 aliphatic heterocycles. The number of thiazole rings is 1. The molecule has 120 valence electrons. The molecule has 2 aromatic carbocycles. The highest BCUT2D eigenvalue weighted by Crippen LogP contribution is 2.33. The molecular weight excluding hydrogens is 355 g/mol. The summed E-state index contributed by atoms with van der Waals surface area (Å²) in [7, 11) is 0. The van der Waals surface area contributed by atoms with E-state index in [4.69, 9.17) is 11.6 Å². The van der Waals surface area contributed by atoms with E-state index in [1.807, 2.05) is 30.5 Å². The number of phenols is 2. The van der Waals surface area contributed by atoms with Crippen molar-refractivity contribution in [2.75, 3.05) is 5.32 Å². The Hall–Kier alpha value is -1.95. The standard InChI is InChI=1S/C16H13ClN2O2S.ClH/c1-9-11(17)3-2-4-12(9)18-16-19-13(8-22-16)10-5-6-14(20)15(21)7-10;/h2-8,20-21H,1H3,(H,18,19);1H. The zero-order valence-corrected chi connectivity index (χ0v) is 14.5. The van der Waals surface area contributed by atoms with Crippen LogP contribution in [0.1, 0.15) is 5.56 Å². The Balaban J connectivity index is 0.00000192. The molecule has 0 aliphatic carbocycles. The minimum absolute atomic E-state index is 0. The first-order valence-corrected chi connectivity index (χ1v) is 7.80. The third-order valence-electron chi connectivity index (χ3n) is 3.28. The van der Waals surface area contributed by atoms with Gasteiger partial charge >= 0.3 is 0 Å². The van der Waals surface area contributed by atoms with Gasteiger partial charge in [-0.15, -0.1) is 23.7 Å². The van der Waals surface area contributed by atoms with Gasteiger partial charge in [-0.05, 0) is 42.8 Å². The lowest BCUT2D eigenvalue weighted by atomic mass is 10.1. The average Bonchev–Trinajstić information content (AvgIpc) is 2.95. The maximum Gasteiger partial charge on any atom is 0.187 e. The molecule has 0 saturated carbocycles. The molecular formula is C16H14Cl2N2O2S. The number of aromatic nitrogens is 1. The second-order valence-corrected chi connectivity index (χ2v) is 6.04. The number of nitrogens with one attached hydrogen (secondary N) is 1. The summed E-state index contributed by atoms with van der Waals surface area (Å²) in [5.74, 6) is -0.308. The smallest absolute Gasteiger partial charge is 0.187 e. The minimum Gasteiger partial charge on any atom is -0.504 e. The van der Waals surface area contributed by atoms with Crippen LogP contribution in [0.5, 0.6) is 11.5 Å². The third kappa shape index (κ3) is 3.69. The molecule has 4 nitrogen and oxygen atoms in total. The molecule has 1 heterocycles. The number of hydrogen-bond acceptors (Lipinski definition) is 5. The number of nitrogens with zero attached hydrogens (tertiary/aromatic N) is 1. The second-order valence-electron chi connectivity index (χ2n) is 4.78. The van der Waals surface area contributed by atoms with E-state index in [0.29, 0.717) is 5.02 Å². The summed E-state index contributed by atoms with van der Waals surface area (Å²) in [5, 5.41) is 25.5. The fraction of sp³-hybridized carbons (Fsp3) is 0.0625. The van der Waals surface area contributed by atoms with Crippen LogP contribution in [-0.2, 0) is 0 Å². The number of benzene rings is 2. The van der Waals surface area contributed by atoms with E-state index in [9.17, 15) is 10.2 Å². The van der Waals surface area contributed by atoms with Crippen molar-refractivity contribution in [1.82, 2.24) is 4.98 Å². The first kappa shape index (κ1) is 17.4. The second kappa shape index (κ2) is 7.08. The summed E-state index contributed by atoms with van der Waals surface area (Å²) in [6.45, 7) is 1.94. The molecule has 0 aliphatic rings. The molecule has 23 heavy (non-hydrogen) atoms. The lowest BCUT2D eigenvalue weighted by Crippen LogP contribution is -1.93. The monoisotopic (exact) mass is 368 g/mol. The van der Waals surface area contributed by atoms with Gasteiger partial charge in [0.25, 0.3) is 0 Å². The van der Waals surface area contributed by atoms with Crippen molar-refractivity contribution in [2.24, 2.45) is 0 Å². The van der Waals surface area contributed by atoms with Gasteiger partial charge in [0.1, 0.15) is 0 Å². The molecule has 3 aromatic rings. The third-order valence-corrected chi connectivity index (χ3v) is 4.45. The molecule has 0 amide bonds. The van der Waals surface area contributed by atoms with Crippen LogP contribution >= 0.6 is 35.3 Å². The molecule has 0 unspecified atom stereocenters. The average molecular weight is 369 g/mol. The van der Waals surface area contributed by atoms with E-state index < -0.39 is 0 Å². The van der Waals surface area contributed by atoms with Gasteiger partial charge in [-0.3, -0.25) is 0 Å². The number of aromatic hydroxyl groups is 2. The van der Waals surface area contributed by atoms with Crippen molar-refractivity contribution >= 4 is 46.2 Å². The molecule has 0 spiro atoms. The summed E-state index contributed by atoms with van der Waals surface area (Å²) >= 11 is 7.56. The van der Waals surface area contributed by atoms with Crippen molar-refractivity contribution in [3.05, 3.63) is 52.4 Å². The minimum atomic E-state index is -0.161. The molecule has 0 bridgehead atoms. The molecule has 0 saturated heterocycles. The van der Waals surface area contributed by atoms with Crippen molar-refractivity contribution < 1.29 is 10.2 Å². The Labute approximate surface area is 148 Å². The van der Waals surface area contributed by atoms with E-state index in [0.717, 1.165) is 27.6 Å². The maximum atomic E-state index is 9.57. The Kier molecular flexibility index (Phi) is 5.36. The summed E-state index contributed by atoms with van der Waals surface area (Å²) < 4.78 is 0.